The summed E-state index contributed by atoms with van der Waals surface area (Å²) in [6.45, 7) is 6.09. The van der Waals surface area contributed by atoms with Crippen molar-refractivity contribution in [2.24, 2.45) is 10.1 Å². The monoisotopic (exact) mass is 483 g/mol. The Bertz CT molecular complexity index is 1230. The number of carbonyl (C=O) groups excluding carboxylic acids is 1. The van der Waals surface area contributed by atoms with E-state index in [1.165, 1.54) is 16.8 Å². The number of amidine groups is 2. The van der Waals surface area contributed by atoms with Gasteiger partial charge >= 0.3 is 0 Å². The molecule has 0 bridgehead atoms. The molecule has 9 heteroatoms. The number of hydrogen-bond acceptors (Lipinski definition) is 5. The van der Waals surface area contributed by atoms with Crippen molar-refractivity contribution in [2.45, 2.75) is 46.5 Å². The van der Waals surface area contributed by atoms with Crippen molar-refractivity contribution in [1.29, 1.82) is 5.41 Å². The molecule has 7 nitrogen and oxygen atoms in total. The Morgan fingerprint density at radius 2 is 2.03 bits per heavy atom. The van der Waals surface area contributed by atoms with Gasteiger partial charge < -0.3 is 9.30 Å². The molecular weight excluding hydrogens is 458 g/mol. The third kappa shape index (κ3) is 4.50. The number of rotatable bonds is 7. The number of hydrazone groups is 1. The van der Waals surface area contributed by atoms with Crippen LogP contribution in [0.2, 0.25) is 5.02 Å². The lowest BCUT2D eigenvalue weighted by Crippen LogP contribution is -2.35. The third-order valence-corrected chi connectivity index (χ3v) is 6.85. The smallest absolute Gasteiger partial charge is 0.283 e. The van der Waals surface area contributed by atoms with E-state index in [2.05, 4.69) is 17.0 Å². The van der Waals surface area contributed by atoms with E-state index in [1.54, 1.807) is 19.3 Å². The number of aliphatic imine (C=N–C) groups is 1. The lowest BCUT2D eigenvalue weighted by atomic mass is 10.1. The molecule has 2 aliphatic heterocycles. The quantitative estimate of drug-likeness (QED) is 0.389. The largest absolute Gasteiger partial charge is 0.495 e. The summed E-state index contributed by atoms with van der Waals surface area (Å²) in [5.41, 5.74) is 3.70. The molecule has 1 aromatic heterocycles. The van der Waals surface area contributed by atoms with Gasteiger partial charge in [0.25, 0.3) is 5.91 Å². The van der Waals surface area contributed by atoms with Gasteiger partial charge in [-0.1, -0.05) is 31.4 Å². The zero-order valence-corrected chi connectivity index (χ0v) is 20.7. The minimum atomic E-state index is -0.422. The predicted octanol–water partition coefficient (Wildman–Crippen LogP) is 5.96. The van der Waals surface area contributed by atoms with E-state index in [0.717, 1.165) is 53.4 Å². The van der Waals surface area contributed by atoms with Crippen LogP contribution < -0.4 is 4.74 Å². The van der Waals surface area contributed by atoms with E-state index in [1.807, 2.05) is 36.6 Å². The van der Waals surface area contributed by atoms with E-state index in [9.17, 15) is 4.79 Å². The summed E-state index contributed by atoms with van der Waals surface area (Å²) in [7, 11) is 1.62. The van der Waals surface area contributed by atoms with E-state index in [0.29, 0.717) is 15.9 Å². The Hall–Kier alpha value is -2.84. The number of unbranched alkanes of at least 4 members (excludes halogenated alkanes) is 2. The average molecular weight is 484 g/mol. The predicted molar refractivity (Wildman–Crippen MR) is 136 cm³/mol. The zero-order chi connectivity index (χ0) is 23.7. The van der Waals surface area contributed by atoms with Crippen molar-refractivity contribution in [3.8, 4) is 11.4 Å². The molecule has 3 heterocycles. The van der Waals surface area contributed by atoms with E-state index < -0.39 is 5.91 Å². The van der Waals surface area contributed by atoms with Gasteiger partial charge in [0.15, 0.2) is 5.84 Å². The van der Waals surface area contributed by atoms with Gasteiger partial charge in [0.2, 0.25) is 5.17 Å². The number of carbonyl (C=O) groups is 1. The molecule has 1 N–H and O–H groups in total. The summed E-state index contributed by atoms with van der Waals surface area (Å²) in [6.07, 6.45) is 5.84. The molecule has 172 valence electrons. The van der Waals surface area contributed by atoms with Crippen molar-refractivity contribution in [3.05, 3.63) is 51.8 Å². The number of fused-ring (bicyclic) bond motifs is 1. The first kappa shape index (κ1) is 23.3. The normalized spacial score (nSPS) is 16.9. The molecule has 0 unspecified atom stereocenters. The fourth-order valence-corrected chi connectivity index (χ4v) is 5.05. The van der Waals surface area contributed by atoms with Gasteiger partial charge in [-0.2, -0.15) is 15.1 Å². The van der Waals surface area contributed by atoms with Crippen LogP contribution in [0.4, 0.5) is 0 Å². The second-order valence-corrected chi connectivity index (χ2v) is 9.43. The summed E-state index contributed by atoms with van der Waals surface area (Å²) >= 11 is 7.62. The average Bonchev–Trinajstić information content (AvgIpc) is 3.31. The van der Waals surface area contributed by atoms with Crippen LogP contribution in [0.5, 0.6) is 5.75 Å². The van der Waals surface area contributed by atoms with E-state index >= 15 is 0 Å². The second-order valence-electron chi connectivity index (χ2n) is 7.95. The number of thioether (sulfide) groups is 1. The summed E-state index contributed by atoms with van der Waals surface area (Å²) in [4.78, 5) is 17.0. The molecule has 33 heavy (non-hydrogen) atoms. The molecule has 0 aliphatic carbocycles. The second kappa shape index (κ2) is 9.57. The standard InChI is InChI=1S/C24H26ClN5O2S/c1-5-6-7-8-21-28-30-22(26)18(23(31)27-24(30)33-21)12-16-11-14(2)29(15(16)3)19-13-17(25)9-10-20(19)32-4/h9-13,26H,5-8H2,1-4H3/b18-12-,26-22?. The Balaban J connectivity index is 1.68. The summed E-state index contributed by atoms with van der Waals surface area (Å²) in [5.74, 6) is 0.317. The van der Waals surface area contributed by atoms with Crippen molar-refractivity contribution >= 4 is 51.4 Å². The molecule has 0 fully saturated rings. The number of hydrogen-bond donors (Lipinski definition) is 1. The molecule has 2 aliphatic rings. The Kier molecular flexibility index (Phi) is 6.76. The Morgan fingerprint density at radius 1 is 1.24 bits per heavy atom. The molecular formula is C24H26ClN5O2S. The highest BCUT2D eigenvalue weighted by molar-refractivity contribution is 8.26. The molecule has 0 atom stereocenters. The molecule has 0 saturated carbocycles. The van der Waals surface area contributed by atoms with Gasteiger partial charge in [-0.05, 0) is 74.4 Å². The molecule has 0 saturated heterocycles. The number of halogens is 1. The Labute approximate surface area is 202 Å². The molecule has 4 rings (SSSR count). The highest BCUT2D eigenvalue weighted by Gasteiger charge is 2.35. The van der Waals surface area contributed by atoms with Crippen molar-refractivity contribution < 1.29 is 9.53 Å². The van der Waals surface area contributed by atoms with Gasteiger partial charge in [0.05, 0.1) is 18.4 Å². The lowest BCUT2D eigenvalue weighted by molar-refractivity contribution is -0.114. The number of ether oxygens (including phenoxy) is 1. The summed E-state index contributed by atoms with van der Waals surface area (Å²) in [6, 6.07) is 7.43. The van der Waals surface area contributed by atoms with Crippen LogP contribution in [0.3, 0.4) is 0 Å². The zero-order valence-electron chi connectivity index (χ0n) is 19.1. The first-order chi connectivity index (χ1) is 15.8. The highest BCUT2D eigenvalue weighted by atomic mass is 35.5. The fourth-order valence-electron chi connectivity index (χ4n) is 3.96. The van der Waals surface area contributed by atoms with Crippen LogP contribution in [0.1, 0.15) is 49.6 Å². The maximum Gasteiger partial charge on any atom is 0.283 e. The number of aryl methyl sites for hydroxylation is 1. The number of aromatic nitrogens is 1. The molecule has 1 amide bonds. The van der Waals surface area contributed by atoms with Gasteiger partial charge in [-0.25, -0.2) is 0 Å². The molecule has 0 spiro atoms. The van der Waals surface area contributed by atoms with Crippen LogP contribution in [0.25, 0.3) is 11.8 Å². The number of methoxy groups -OCH3 is 1. The summed E-state index contributed by atoms with van der Waals surface area (Å²) < 4.78 is 7.55. The van der Waals surface area contributed by atoms with Gasteiger partial charge in [-0.3, -0.25) is 10.2 Å². The summed E-state index contributed by atoms with van der Waals surface area (Å²) in [5, 5.41) is 16.6. The minimum Gasteiger partial charge on any atom is -0.495 e. The topological polar surface area (TPSA) is 83.0 Å². The number of benzene rings is 1. The third-order valence-electron chi connectivity index (χ3n) is 5.64. The van der Waals surface area contributed by atoms with E-state index in [4.69, 9.17) is 21.7 Å². The van der Waals surface area contributed by atoms with Crippen LogP contribution >= 0.6 is 23.4 Å². The number of nitrogens with zero attached hydrogens (tertiary/aromatic N) is 4. The van der Waals surface area contributed by atoms with Crippen LogP contribution in [0.15, 0.2) is 39.9 Å². The van der Waals surface area contributed by atoms with Crippen LogP contribution in [0, 0.1) is 19.3 Å². The molecule has 1 aromatic carbocycles. The lowest BCUT2D eigenvalue weighted by Gasteiger charge is -2.20. The maximum absolute atomic E-state index is 12.8. The van der Waals surface area contributed by atoms with Gasteiger partial charge in [0.1, 0.15) is 10.8 Å². The van der Waals surface area contributed by atoms with Crippen LogP contribution in [-0.4, -0.2) is 38.6 Å². The molecule has 2 aromatic rings. The highest BCUT2D eigenvalue weighted by Crippen LogP contribution is 2.33. The van der Waals surface area contributed by atoms with Crippen molar-refractivity contribution in [1.82, 2.24) is 9.58 Å². The van der Waals surface area contributed by atoms with Crippen LogP contribution in [-0.2, 0) is 4.79 Å². The molecule has 0 radical (unpaired) electrons. The van der Waals surface area contributed by atoms with E-state index in [-0.39, 0.29) is 11.4 Å². The SMILES string of the molecule is CCCCCC1=NN2C(=N)/C(=C/c3cc(C)n(-c4cc(Cl)ccc4OC)c3C)C(=O)N=C2S1. The van der Waals surface area contributed by atoms with Crippen molar-refractivity contribution in [3.63, 3.8) is 0 Å². The first-order valence-corrected chi connectivity index (χ1v) is 12.1. The maximum atomic E-state index is 12.8. The van der Waals surface area contributed by atoms with Gasteiger partial charge in [0, 0.05) is 16.4 Å². The number of nitrogens with one attached hydrogen (secondary N) is 1. The first-order valence-electron chi connectivity index (χ1n) is 10.9. The fraction of sp³-hybridized carbons (Fsp3) is 0.333. The number of amides is 1. The van der Waals surface area contributed by atoms with Gasteiger partial charge in [-0.15, -0.1) is 0 Å². The minimum absolute atomic E-state index is 0.0492. The van der Waals surface area contributed by atoms with Crippen molar-refractivity contribution in [2.75, 3.05) is 7.11 Å². The Morgan fingerprint density at radius 3 is 2.76 bits per heavy atom.